The summed E-state index contributed by atoms with van der Waals surface area (Å²) in [6, 6.07) is 7.69. The van der Waals surface area contributed by atoms with Crippen LogP contribution in [0.3, 0.4) is 0 Å². The summed E-state index contributed by atoms with van der Waals surface area (Å²) in [7, 11) is -0.173. The monoisotopic (exact) mass is 465 g/mol. The number of benzene rings is 1. The number of halogens is 3. The fourth-order valence-electron chi connectivity index (χ4n) is 2.52. The molecule has 1 heterocycles. The Morgan fingerprint density at radius 2 is 1.87 bits per heavy atom. The maximum atomic E-state index is 12.2. The summed E-state index contributed by atoms with van der Waals surface area (Å²) in [6.07, 6.45) is -4.94. The second kappa shape index (κ2) is 10.2. The van der Waals surface area contributed by atoms with Gasteiger partial charge in [-0.05, 0) is 49.8 Å². The Balaban J connectivity index is 1.82. The quantitative estimate of drug-likeness (QED) is 0.564. The van der Waals surface area contributed by atoms with E-state index in [9.17, 15) is 26.4 Å². The van der Waals surface area contributed by atoms with E-state index in [0.29, 0.717) is 6.54 Å². The van der Waals surface area contributed by atoms with Crippen LogP contribution in [0.25, 0.3) is 0 Å². The molecule has 2 N–H and O–H groups in total. The summed E-state index contributed by atoms with van der Waals surface area (Å²) >= 11 is 1.58. The van der Waals surface area contributed by atoms with Gasteiger partial charge in [0.05, 0.1) is 10.9 Å². The van der Waals surface area contributed by atoms with Crippen molar-refractivity contribution < 1.29 is 31.1 Å². The molecule has 12 heteroatoms. The molecule has 1 amide bonds. The van der Waals surface area contributed by atoms with Crippen LogP contribution in [-0.4, -0.2) is 52.8 Å². The number of ether oxygens (including phenoxy) is 1. The molecule has 1 aromatic heterocycles. The molecule has 1 aromatic carbocycles. The topological polar surface area (TPSA) is 87.7 Å². The molecule has 30 heavy (non-hydrogen) atoms. The first kappa shape index (κ1) is 24.1. The van der Waals surface area contributed by atoms with Crippen LogP contribution in [0, 0.1) is 0 Å². The van der Waals surface area contributed by atoms with E-state index in [1.807, 2.05) is 36.5 Å². The Bertz CT molecular complexity index is 915. The minimum Gasteiger partial charge on any atom is -0.406 e. The molecule has 2 aromatic rings. The van der Waals surface area contributed by atoms with Crippen LogP contribution in [0.1, 0.15) is 17.3 Å². The van der Waals surface area contributed by atoms with Crippen molar-refractivity contribution in [1.82, 2.24) is 14.9 Å². The summed E-state index contributed by atoms with van der Waals surface area (Å²) in [5.74, 6) is -0.850. The summed E-state index contributed by atoms with van der Waals surface area (Å²) in [5.41, 5.74) is 0. The minimum atomic E-state index is -4.86. The fourth-order valence-corrected chi connectivity index (χ4v) is 4.47. The lowest BCUT2D eigenvalue weighted by Gasteiger charge is -2.23. The average molecular weight is 466 g/mol. The predicted molar refractivity (Wildman–Crippen MR) is 107 cm³/mol. The lowest BCUT2D eigenvalue weighted by atomic mass is 10.2. The van der Waals surface area contributed by atoms with Gasteiger partial charge in [0, 0.05) is 24.4 Å². The number of nitrogens with zero attached hydrogens (tertiary/aromatic N) is 1. The van der Waals surface area contributed by atoms with Crippen LogP contribution < -0.4 is 14.8 Å². The van der Waals surface area contributed by atoms with Gasteiger partial charge in [-0.3, -0.25) is 4.79 Å². The number of sulfonamides is 1. The Kier molecular flexibility index (Phi) is 8.24. The van der Waals surface area contributed by atoms with Crippen LogP contribution in [0.2, 0.25) is 0 Å². The van der Waals surface area contributed by atoms with Gasteiger partial charge < -0.3 is 15.0 Å². The number of hydrogen-bond acceptors (Lipinski definition) is 6. The Morgan fingerprint density at radius 3 is 2.40 bits per heavy atom. The van der Waals surface area contributed by atoms with Crippen LogP contribution in [-0.2, 0) is 14.8 Å². The van der Waals surface area contributed by atoms with E-state index in [1.54, 1.807) is 11.3 Å². The first-order valence-corrected chi connectivity index (χ1v) is 11.2. The first-order chi connectivity index (χ1) is 14.0. The zero-order chi connectivity index (χ0) is 22.4. The number of likely N-dealkylation sites (N-methyl/N-ethyl adjacent to an activating group) is 1. The zero-order valence-electron chi connectivity index (χ0n) is 16.3. The second-order valence-electron chi connectivity index (χ2n) is 6.47. The predicted octanol–water partition coefficient (Wildman–Crippen LogP) is 2.73. The number of carbonyl (C=O) groups excluding carboxylic acids is 1. The number of hydrogen-bond donors (Lipinski definition) is 2. The van der Waals surface area contributed by atoms with Crippen LogP contribution >= 0.6 is 11.3 Å². The third kappa shape index (κ3) is 7.59. The summed E-state index contributed by atoms with van der Waals surface area (Å²) in [4.78, 5) is 14.9. The number of amides is 1. The summed E-state index contributed by atoms with van der Waals surface area (Å²) < 4.78 is 66.9. The molecule has 0 unspecified atom stereocenters. The van der Waals surface area contributed by atoms with E-state index in [0.717, 1.165) is 29.1 Å². The van der Waals surface area contributed by atoms with Gasteiger partial charge in [0.25, 0.3) is 0 Å². The van der Waals surface area contributed by atoms with Crippen molar-refractivity contribution in [3.05, 3.63) is 46.7 Å². The SMILES string of the molecule is CN(C)[C@@H](CNC(=O)CCNS(=O)(=O)c1ccc(OC(F)(F)F)cc1)c1cccs1. The highest BCUT2D eigenvalue weighted by Gasteiger charge is 2.31. The molecule has 0 saturated heterocycles. The van der Waals surface area contributed by atoms with E-state index >= 15 is 0 Å². The smallest absolute Gasteiger partial charge is 0.406 e. The summed E-state index contributed by atoms with van der Waals surface area (Å²) in [5, 5.41) is 4.72. The molecular weight excluding hydrogens is 443 g/mol. The highest BCUT2D eigenvalue weighted by Crippen LogP contribution is 2.24. The number of alkyl halides is 3. The summed E-state index contributed by atoms with van der Waals surface area (Å²) in [6.45, 7) is 0.223. The first-order valence-electron chi connectivity index (χ1n) is 8.80. The molecule has 0 aliphatic carbocycles. The normalized spacial score (nSPS) is 13.3. The average Bonchev–Trinajstić information content (AvgIpc) is 3.15. The molecule has 0 bridgehead atoms. The highest BCUT2D eigenvalue weighted by atomic mass is 32.2. The molecule has 166 valence electrons. The van der Waals surface area contributed by atoms with Gasteiger partial charge in [-0.25, -0.2) is 13.1 Å². The second-order valence-corrected chi connectivity index (χ2v) is 9.21. The van der Waals surface area contributed by atoms with Crippen LogP contribution in [0.15, 0.2) is 46.7 Å². The number of nitrogens with one attached hydrogen (secondary N) is 2. The molecule has 0 radical (unpaired) electrons. The van der Waals surface area contributed by atoms with Crippen molar-refractivity contribution in [3.63, 3.8) is 0 Å². The van der Waals surface area contributed by atoms with Crippen LogP contribution in [0.5, 0.6) is 5.75 Å². The Labute approximate surface area is 176 Å². The van der Waals surface area contributed by atoms with Gasteiger partial charge in [-0.1, -0.05) is 6.07 Å². The van der Waals surface area contributed by atoms with Crippen LogP contribution in [0.4, 0.5) is 13.2 Å². The third-order valence-electron chi connectivity index (χ3n) is 4.00. The van der Waals surface area contributed by atoms with E-state index in [4.69, 9.17) is 0 Å². The van der Waals surface area contributed by atoms with Crippen molar-refractivity contribution in [3.8, 4) is 5.75 Å². The van der Waals surface area contributed by atoms with Gasteiger partial charge in [-0.2, -0.15) is 0 Å². The molecule has 0 saturated carbocycles. The lowest BCUT2D eigenvalue weighted by Crippen LogP contribution is -2.36. The molecule has 1 atom stereocenters. The number of carbonyl (C=O) groups is 1. The number of rotatable bonds is 10. The van der Waals surface area contributed by atoms with E-state index in [2.05, 4.69) is 14.8 Å². The Morgan fingerprint density at radius 1 is 1.20 bits per heavy atom. The molecular formula is C18H22F3N3O4S2. The van der Waals surface area contributed by atoms with Gasteiger partial charge in [0.2, 0.25) is 15.9 Å². The fraction of sp³-hybridized carbons (Fsp3) is 0.389. The van der Waals surface area contributed by atoms with Gasteiger partial charge in [0.15, 0.2) is 0 Å². The van der Waals surface area contributed by atoms with Crippen molar-refractivity contribution in [2.24, 2.45) is 0 Å². The molecule has 7 nitrogen and oxygen atoms in total. The molecule has 0 fully saturated rings. The van der Waals surface area contributed by atoms with E-state index < -0.39 is 22.1 Å². The standard InChI is InChI=1S/C18H22F3N3O4S2/c1-24(2)15(16-4-3-11-29-16)12-22-17(25)9-10-23-30(26,27)14-7-5-13(6-8-14)28-18(19,20)21/h3-8,11,15,23H,9-10,12H2,1-2H3,(H,22,25)/t15-/m0/s1. The molecule has 0 spiro atoms. The maximum Gasteiger partial charge on any atom is 0.573 e. The largest absolute Gasteiger partial charge is 0.573 e. The van der Waals surface area contributed by atoms with E-state index in [1.165, 1.54) is 0 Å². The molecule has 2 rings (SSSR count). The third-order valence-corrected chi connectivity index (χ3v) is 6.45. The Hall–Kier alpha value is -2.15. The number of thiophene rings is 1. The molecule has 0 aliphatic heterocycles. The highest BCUT2D eigenvalue weighted by molar-refractivity contribution is 7.89. The van der Waals surface area contributed by atoms with Gasteiger partial charge >= 0.3 is 6.36 Å². The van der Waals surface area contributed by atoms with Gasteiger partial charge in [0.1, 0.15) is 5.75 Å². The van der Waals surface area contributed by atoms with Crippen molar-refractivity contribution in [2.45, 2.75) is 23.7 Å². The van der Waals surface area contributed by atoms with Crippen molar-refractivity contribution >= 4 is 27.3 Å². The van der Waals surface area contributed by atoms with E-state index in [-0.39, 0.29) is 29.8 Å². The molecule has 0 aliphatic rings. The lowest BCUT2D eigenvalue weighted by molar-refractivity contribution is -0.274. The van der Waals surface area contributed by atoms with Crippen molar-refractivity contribution in [1.29, 1.82) is 0 Å². The van der Waals surface area contributed by atoms with Gasteiger partial charge in [-0.15, -0.1) is 24.5 Å². The minimum absolute atomic E-state index is 0.00285. The van der Waals surface area contributed by atoms with Crippen molar-refractivity contribution in [2.75, 3.05) is 27.2 Å². The zero-order valence-corrected chi connectivity index (χ0v) is 17.9. The maximum absolute atomic E-state index is 12.2.